The van der Waals surface area contributed by atoms with Crippen molar-refractivity contribution in [1.82, 2.24) is 15.1 Å². The number of halogens is 2. The number of hydrogen-bond donors (Lipinski definition) is 1. The molecule has 6 heteroatoms. The SMILES string of the molecule is O=C(NCCN1CCN(Cc2ccc(Cl)c(Cl)c2)CC1)[C@@H]1C[C@H]1c1ccccc1. The first-order chi connectivity index (χ1) is 14.1. The number of nitrogens with one attached hydrogen (secondary N) is 1. The summed E-state index contributed by atoms with van der Waals surface area (Å²) in [4.78, 5) is 17.2. The quantitative estimate of drug-likeness (QED) is 0.718. The average molecular weight is 432 g/mol. The Balaban J connectivity index is 1.13. The number of carbonyl (C=O) groups is 1. The molecule has 1 aliphatic heterocycles. The highest BCUT2D eigenvalue weighted by molar-refractivity contribution is 6.42. The highest BCUT2D eigenvalue weighted by atomic mass is 35.5. The summed E-state index contributed by atoms with van der Waals surface area (Å²) in [6, 6.07) is 16.2. The Bertz CT molecular complexity index is 837. The first kappa shape index (κ1) is 20.7. The summed E-state index contributed by atoms with van der Waals surface area (Å²) < 4.78 is 0. The van der Waals surface area contributed by atoms with Gasteiger partial charge in [-0.05, 0) is 35.6 Å². The molecule has 1 saturated carbocycles. The van der Waals surface area contributed by atoms with Crippen LogP contribution >= 0.6 is 23.2 Å². The molecule has 0 aromatic heterocycles. The molecule has 2 atom stereocenters. The number of hydrogen-bond acceptors (Lipinski definition) is 3. The molecular weight excluding hydrogens is 405 g/mol. The van der Waals surface area contributed by atoms with E-state index in [9.17, 15) is 4.79 Å². The van der Waals surface area contributed by atoms with Crippen molar-refractivity contribution in [3.05, 3.63) is 69.7 Å². The van der Waals surface area contributed by atoms with Gasteiger partial charge in [0, 0.05) is 51.7 Å². The number of rotatable bonds is 7. The molecule has 1 N–H and O–H groups in total. The van der Waals surface area contributed by atoms with E-state index >= 15 is 0 Å². The molecular formula is C23H27Cl2N3O. The van der Waals surface area contributed by atoms with Crippen molar-refractivity contribution < 1.29 is 4.79 Å². The molecule has 0 spiro atoms. The lowest BCUT2D eigenvalue weighted by atomic mass is 10.1. The van der Waals surface area contributed by atoms with Gasteiger partial charge >= 0.3 is 0 Å². The lowest BCUT2D eigenvalue weighted by Crippen LogP contribution is -2.48. The molecule has 2 fully saturated rings. The number of carbonyl (C=O) groups excluding carboxylic acids is 1. The minimum atomic E-state index is 0.153. The van der Waals surface area contributed by atoms with Crippen molar-refractivity contribution in [1.29, 1.82) is 0 Å². The Morgan fingerprint density at radius 3 is 2.41 bits per heavy atom. The van der Waals surface area contributed by atoms with E-state index in [0.717, 1.165) is 52.2 Å². The van der Waals surface area contributed by atoms with Crippen LogP contribution in [0.1, 0.15) is 23.5 Å². The second kappa shape index (κ2) is 9.48. The van der Waals surface area contributed by atoms with E-state index in [-0.39, 0.29) is 11.8 Å². The Morgan fingerprint density at radius 1 is 0.966 bits per heavy atom. The number of amides is 1. The van der Waals surface area contributed by atoms with Crippen LogP contribution in [-0.4, -0.2) is 55.0 Å². The standard InChI is InChI=1S/C23H27Cl2N3O/c24-21-7-6-17(14-22(21)25)16-28-12-10-27(11-13-28)9-8-26-23(29)20-15-19(20)18-4-2-1-3-5-18/h1-7,14,19-20H,8-13,15-16H2,(H,26,29)/t19-,20+/m0/s1. The van der Waals surface area contributed by atoms with E-state index < -0.39 is 0 Å². The summed E-state index contributed by atoms with van der Waals surface area (Å²) in [5.41, 5.74) is 2.48. The van der Waals surface area contributed by atoms with Gasteiger partial charge in [0.05, 0.1) is 10.0 Å². The summed E-state index contributed by atoms with van der Waals surface area (Å²) >= 11 is 12.1. The van der Waals surface area contributed by atoms with Crippen LogP contribution in [0, 0.1) is 5.92 Å². The predicted molar refractivity (Wildman–Crippen MR) is 118 cm³/mol. The zero-order chi connectivity index (χ0) is 20.2. The fourth-order valence-corrected chi connectivity index (χ4v) is 4.41. The van der Waals surface area contributed by atoms with Crippen LogP contribution in [0.4, 0.5) is 0 Å². The number of benzene rings is 2. The third kappa shape index (κ3) is 5.52. The molecule has 4 nitrogen and oxygen atoms in total. The van der Waals surface area contributed by atoms with Gasteiger partial charge in [0.1, 0.15) is 0 Å². The van der Waals surface area contributed by atoms with E-state index in [4.69, 9.17) is 23.2 Å². The first-order valence-electron chi connectivity index (χ1n) is 10.3. The van der Waals surface area contributed by atoms with E-state index in [1.54, 1.807) is 0 Å². The van der Waals surface area contributed by atoms with Crippen molar-refractivity contribution in [3.63, 3.8) is 0 Å². The van der Waals surface area contributed by atoms with Gasteiger partial charge in [0.25, 0.3) is 0 Å². The van der Waals surface area contributed by atoms with Gasteiger partial charge in [-0.25, -0.2) is 0 Å². The van der Waals surface area contributed by atoms with Crippen LogP contribution in [0.25, 0.3) is 0 Å². The first-order valence-corrected chi connectivity index (χ1v) is 11.1. The van der Waals surface area contributed by atoms with Crippen molar-refractivity contribution in [3.8, 4) is 0 Å². The third-order valence-corrected chi connectivity index (χ3v) is 6.68. The summed E-state index contributed by atoms with van der Waals surface area (Å²) in [7, 11) is 0. The average Bonchev–Trinajstić information content (AvgIpc) is 3.54. The van der Waals surface area contributed by atoms with Crippen molar-refractivity contribution in [2.24, 2.45) is 5.92 Å². The fourth-order valence-electron chi connectivity index (χ4n) is 4.09. The molecule has 0 bridgehead atoms. The normalized spacial score (nSPS) is 22.4. The van der Waals surface area contributed by atoms with E-state index in [2.05, 4.69) is 27.2 Å². The maximum Gasteiger partial charge on any atom is 0.223 e. The summed E-state index contributed by atoms with van der Waals surface area (Å²) in [6.45, 7) is 6.61. The van der Waals surface area contributed by atoms with E-state index in [0.29, 0.717) is 16.0 Å². The molecule has 1 heterocycles. The molecule has 2 aromatic carbocycles. The number of piperazine rings is 1. The van der Waals surface area contributed by atoms with Crippen LogP contribution in [0.5, 0.6) is 0 Å². The zero-order valence-electron chi connectivity index (χ0n) is 16.5. The molecule has 1 saturated heterocycles. The Hall–Kier alpha value is -1.59. The number of nitrogens with zero attached hydrogens (tertiary/aromatic N) is 2. The predicted octanol–water partition coefficient (Wildman–Crippen LogP) is 4.03. The van der Waals surface area contributed by atoms with E-state index in [1.807, 2.05) is 36.4 Å². The maximum absolute atomic E-state index is 12.4. The second-order valence-corrected chi connectivity index (χ2v) is 8.83. The molecule has 2 aliphatic rings. The maximum atomic E-state index is 12.4. The lowest BCUT2D eigenvalue weighted by molar-refractivity contribution is -0.122. The van der Waals surface area contributed by atoms with Gasteiger partial charge in [-0.15, -0.1) is 0 Å². The highest BCUT2D eigenvalue weighted by Crippen LogP contribution is 2.47. The van der Waals surface area contributed by atoms with Crippen LogP contribution in [0.3, 0.4) is 0 Å². The topological polar surface area (TPSA) is 35.6 Å². The van der Waals surface area contributed by atoms with Crippen LogP contribution in [0.15, 0.2) is 48.5 Å². The van der Waals surface area contributed by atoms with Gasteiger partial charge in [-0.2, -0.15) is 0 Å². The monoisotopic (exact) mass is 431 g/mol. The Morgan fingerprint density at radius 2 is 1.69 bits per heavy atom. The van der Waals surface area contributed by atoms with Gasteiger partial charge in [-0.3, -0.25) is 14.6 Å². The Labute approximate surface area is 182 Å². The molecule has 4 rings (SSSR count). The van der Waals surface area contributed by atoms with Gasteiger partial charge in [0.15, 0.2) is 0 Å². The van der Waals surface area contributed by atoms with Crippen LogP contribution in [0.2, 0.25) is 10.0 Å². The molecule has 1 amide bonds. The van der Waals surface area contributed by atoms with Crippen LogP contribution in [-0.2, 0) is 11.3 Å². The van der Waals surface area contributed by atoms with Gasteiger partial charge in [0.2, 0.25) is 5.91 Å². The lowest BCUT2D eigenvalue weighted by Gasteiger charge is -2.34. The minimum Gasteiger partial charge on any atom is -0.355 e. The van der Waals surface area contributed by atoms with E-state index in [1.165, 1.54) is 11.1 Å². The van der Waals surface area contributed by atoms with Crippen molar-refractivity contribution in [2.75, 3.05) is 39.3 Å². The third-order valence-electron chi connectivity index (χ3n) is 5.94. The summed E-state index contributed by atoms with van der Waals surface area (Å²) in [5.74, 6) is 0.763. The van der Waals surface area contributed by atoms with Crippen molar-refractivity contribution >= 4 is 29.1 Å². The molecule has 1 aliphatic carbocycles. The van der Waals surface area contributed by atoms with Gasteiger partial charge in [-0.1, -0.05) is 59.6 Å². The summed E-state index contributed by atoms with van der Waals surface area (Å²) in [5, 5.41) is 4.35. The molecule has 0 unspecified atom stereocenters. The van der Waals surface area contributed by atoms with Gasteiger partial charge < -0.3 is 5.32 Å². The van der Waals surface area contributed by atoms with Crippen LogP contribution < -0.4 is 5.32 Å². The molecule has 29 heavy (non-hydrogen) atoms. The zero-order valence-corrected chi connectivity index (χ0v) is 18.0. The molecule has 154 valence electrons. The van der Waals surface area contributed by atoms with Crippen molar-refractivity contribution in [2.45, 2.75) is 18.9 Å². The largest absolute Gasteiger partial charge is 0.355 e. The fraction of sp³-hybridized carbons (Fsp3) is 0.435. The summed E-state index contributed by atoms with van der Waals surface area (Å²) in [6.07, 6.45) is 0.975. The minimum absolute atomic E-state index is 0.153. The molecule has 0 radical (unpaired) electrons. The molecule has 2 aromatic rings. The highest BCUT2D eigenvalue weighted by Gasteiger charge is 2.43. The smallest absolute Gasteiger partial charge is 0.223 e. The second-order valence-electron chi connectivity index (χ2n) is 8.02. The Kier molecular flexibility index (Phi) is 6.76.